The fourth-order valence-corrected chi connectivity index (χ4v) is 12.2. The van der Waals surface area contributed by atoms with Crippen LogP contribution in [0.2, 0.25) is 0 Å². The number of fused-ring (bicyclic) bond motifs is 3. The Bertz CT molecular complexity index is 1260. The maximum Gasteiger partial charge on any atom is 0.307 e. The average Bonchev–Trinajstić information content (AvgIpc) is 3.01. The lowest BCUT2D eigenvalue weighted by Crippen LogP contribution is -2.72. The van der Waals surface area contributed by atoms with Crippen LogP contribution in [0.4, 0.5) is 0 Å². The molecule has 11 nitrogen and oxygen atoms in total. The number of hydrogen-bond acceptors (Lipinski definition) is 10. The Morgan fingerprint density at radius 1 is 0.979 bits per heavy atom. The Morgan fingerprint density at radius 3 is 2.28 bits per heavy atom. The first-order valence-corrected chi connectivity index (χ1v) is 17.7. The van der Waals surface area contributed by atoms with Gasteiger partial charge in [-0.3, -0.25) is 4.79 Å². The van der Waals surface area contributed by atoms with E-state index in [0.717, 1.165) is 24.8 Å². The molecule has 6 aliphatic rings. The van der Waals surface area contributed by atoms with Gasteiger partial charge in [-0.2, -0.15) is 0 Å². The largest absolute Gasteiger partial charge is 0.481 e. The van der Waals surface area contributed by atoms with Crippen LogP contribution in [0.5, 0.6) is 0 Å². The molecule has 0 aromatic heterocycles. The van der Waals surface area contributed by atoms with Crippen molar-refractivity contribution in [3.63, 3.8) is 0 Å². The highest BCUT2D eigenvalue weighted by atomic mass is 16.7. The van der Waals surface area contributed by atoms with Crippen molar-refractivity contribution in [2.24, 2.45) is 56.7 Å². The highest BCUT2D eigenvalue weighted by Crippen LogP contribution is 2.75. The quantitative estimate of drug-likeness (QED) is 0.163. The van der Waals surface area contributed by atoms with Crippen molar-refractivity contribution in [3.05, 3.63) is 11.6 Å². The van der Waals surface area contributed by atoms with Gasteiger partial charge in [0.25, 0.3) is 0 Å². The fourth-order valence-electron chi connectivity index (χ4n) is 12.2. The van der Waals surface area contributed by atoms with Crippen molar-refractivity contribution < 1.29 is 54.8 Å². The number of carbonyl (C=O) groups is 1. The normalized spacial score (nSPS) is 54.9. The number of allylic oxidation sites excluding steroid dienone is 1. The second kappa shape index (κ2) is 11.7. The van der Waals surface area contributed by atoms with E-state index in [1.54, 1.807) is 0 Å². The molecule has 2 heterocycles. The zero-order valence-electron chi connectivity index (χ0n) is 29.0. The van der Waals surface area contributed by atoms with E-state index in [9.17, 15) is 40.5 Å². The number of aliphatic carboxylic acids is 1. The van der Waals surface area contributed by atoms with Gasteiger partial charge < -0.3 is 50.0 Å². The summed E-state index contributed by atoms with van der Waals surface area (Å²) in [6.45, 7) is 14.6. The van der Waals surface area contributed by atoms with Crippen molar-refractivity contribution in [1.82, 2.24) is 0 Å². The van der Waals surface area contributed by atoms with Crippen LogP contribution in [-0.4, -0.2) is 104 Å². The Hall–Kier alpha value is -1.15. The minimum absolute atomic E-state index is 0.00558. The third-order valence-electron chi connectivity index (χ3n) is 15.3. The molecule has 11 heteroatoms. The summed E-state index contributed by atoms with van der Waals surface area (Å²) >= 11 is 0. The summed E-state index contributed by atoms with van der Waals surface area (Å²) in [7, 11) is 0. The molecule has 268 valence electrons. The molecule has 0 aromatic rings. The first-order valence-electron chi connectivity index (χ1n) is 17.7. The van der Waals surface area contributed by atoms with Crippen LogP contribution in [0.25, 0.3) is 0 Å². The molecular weight excluding hydrogens is 608 g/mol. The molecule has 47 heavy (non-hydrogen) atoms. The molecule has 0 radical (unpaired) electrons. The maximum absolute atomic E-state index is 13.3. The summed E-state index contributed by atoms with van der Waals surface area (Å²) in [5.74, 6) is -0.912. The van der Waals surface area contributed by atoms with Crippen LogP contribution in [0.1, 0.15) is 87.0 Å². The molecule has 17 atom stereocenters. The number of aliphatic hydroxyl groups excluding tert-OH is 6. The van der Waals surface area contributed by atoms with Gasteiger partial charge in [-0.1, -0.05) is 60.1 Å². The van der Waals surface area contributed by atoms with Crippen molar-refractivity contribution in [2.45, 2.75) is 136 Å². The minimum Gasteiger partial charge on any atom is -0.481 e. The smallest absolute Gasteiger partial charge is 0.307 e. The van der Waals surface area contributed by atoms with E-state index in [4.69, 9.17) is 14.2 Å². The second-order valence-corrected chi connectivity index (χ2v) is 17.4. The van der Waals surface area contributed by atoms with Crippen LogP contribution in [-0.2, 0) is 19.0 Å². The average molecular weight is 667 g/mol. The van der Waals surface area contributed by atoms with Gasteiger partial charge >= 0.3 is 5.97 Å². The summed E-state index contributed by atoms with van der Waals surface area (Å²) in [6, 6.07) is 0. The standard InChI is InChI=1S/C36H58O11/c1-17(2)18(3)32(4)12-13-34(6)19-8-9-23-33(5)16-45-31(44)36(23,20(19)10-11-35(34,7)27(32)29(42)43)14-21(38)28(33)47-30-26(41)25(40)24(39)22(15-37)46-30/h10,17-19,21-28,30-31,37-41,44H,8-9,11-16H2,1-7H3,(H,42,43)/t18-,19+,21-,22-,23+,24-,25+,26-,27-,28+,30+,31?,32-,33-,34-,35+,36+/m1/s1. The predicted octanol–water partition coefficient (Wildman–Crippen LogP) is 2.44. The topological polar surface area (TPSA) is 186 Å². The third-order valence-corrected chi connectivity index (χ3v) is 15.3. The first-order chi connectivity index (χ1) is 21.8. The highest BCUT2D eigenvalue weighted by Gasteiger charge is 2.73. The molecule has 0 spiro atoms. The monoisotopic (exact) mass is 666 g/mol. The van der Waals surface area contributed by atoms with Crippen LogP contribution >= 0.6 is 0 Å². The van der Waals surface area contributed by atoms with Gasteiger partial charge in [0.05, 0.1) is 31.3 Å². The summed E-state index contributed by atoms with van der Waals surface area (Å²) in [5, 5.41) is 75.7. The summed E-state index contributed by atoms with van der Waals surface area (Å²) in [6.07, 6.45) is -4.48. The number of hydrogen-bond donors (Lipinski definition) is 7. The van der Waals surface area contributed by atoms with Crippen LogP contribution in [0.15, 0.2) is 11.6 Å². The van der Waals surface area contributed by atoms with Gasteiger partial charge in [0, 0.05) is 10.8 Å². The van der Waals surface area contributed by atoms with Crippen molar-refractivity contribution in [1.29, 1.82) is 0 Å². The molecule has 1 unspecified atom stereocenters. The zero-order valence-corrected chi connectivity index (χ0v) is 29.0. The number of rotatable bonds is 6. The highest BCUT2D eigenvalue weighted by molar-refractivity contribution is 5.73. The Balaban J connectivity index is 1.37. The number of carboxylic acids is 1. The Morgan fingerprint density at radius 2 is 1.66 bits per heavy atom. The van der Waals surface area contributed by atoms with Crippen LogP contribution < -0.4 is 0 Å². The number of ether oxygens (including phenoxy) is 3. The van der Waals surface area contributed by atoms with E-state index in [1.165, 1.54) is 0 Å². The van der Waals surface area contributed by atoms with Crippen molar-refractivity contribution in [2.75, 3.05) is 13.2 Å². The van der Waals surface area contributed by atoms with Crippen LogP contribution in [0, 0.1) is 56.7 Å². The zero-order chi connectivity index (χ0) is 34.6. The first kappa shape index (κ1) is 35.7. The summed E-state index contributed by atoms with van der Waals surface area (Å²) in [4.78, 5) is 13.3. The van der Waals surface area contributed by atoms with Gasteiger partial charge in [0.1, 0.15) is 24.4 Å². The maximum atomic E-state index is 13.3. The van der Waals surface area contributed by atoms with E-state index in [1.807, 2.05) is 6.92 Å². The lowest BCUT2D eigenvalue weighted by Gasteiger charge is -2.71. The molecule has 5 fully saturated rings. The predicted molar refractivity (Wildman–Crippen MR) is 169 cm³/mol. The van der Waals surface area contributed by atoms with Crippen molar-refractivity contribution >= 4 is 5.97 Å². The van der Waals surface area contributed by atoms with Gasteiger partial charge in [0.15, 0.2) is 12.6 Å². The molecule has 2 bridgehead atoms. The number of aliphatic hydroxyl groups is 6. The molecule has 2 saturated heterocycles. The minimum atomic E-state index is -1.61. The van der Waals surface area contributed by atoms with Crippen LogP contribution in [0.3, 0.4) is 0 Å². The molecule has 6 rings (SSSR count). The molecule has 0 amide bonds. The summed E-state index contributed by atoms with van der Waals surface area (Å²) in [5.41, 5.74) is -1.96. The fraction of sp³-hybridized carbons (Fsp3) is 0.917. The number of carboxylic acid groups (broad SMARTS) is 1. The molecule has 2 aliphatic heterocycles. The molecular formula is C36H58O11. The van der Waals surface area contributed by atoms with Gasteiger partial charge in [-0.25, -0.2) is 0 Å². The van der Waals surface area contributed by atoms with E-state index < -0.39 is 83.9 Å². The van der Waals surface area contributed by atoms with E-state index in [-0.39, 0.29) is 41.6 Å². The second-order valence-electron chi connectivity index (χ2n) is 17.4. The lowest BCUT2D eigenvalue weighted by molar-refractivity contribution is -0.369. The van der Waals surface area contributed by atoms with Gasteiger partial charge in [0.2, 0.25) is 0 Å². The third kappa shape index (κ3) is 4.67. The van der Waals surface area contributed by atoms with Gasteiger partial charge in [-0.05, 0) is 78.4 Å². The van der Waals surface area contributed by atoms with E-state index >= 15 is 0 Å². The van der Waals surface area contributed by atoms with E-state index in [2.05, 4.69) is 47.6 Å². The van der Waals surface area contributed by atoms with Crippen molar-refractivity contribution in [3.8, 4) is 0 Å². The lowest BCUT2D eigenvalue weighted by atomic mass is 9.34. The molecule has 4 aliphatic carbocycles. The van der Waals surface area contributed by atoms with E-state index in [0.29, 0.717) is 18.8 Å². The Kier molecular flexibility index (Phi) is 8.88. The summed E-state index contributed by atoms with van der Waals surface area (Å²) < 4.78 is 18.1. The Labute approximate surface area is 278 Å². The molecule has 0 aromatic carbocycles. The SMILES string of the molecule is CC(C)[C@@H](C)[C@@]1(C)CC[C@]2(C)[C@H]3CC[C@H]4[C@@]5(C)COC(O)[C@@]4(C[C@@H](O)[C@@H]5O[C@@H]4O[C@H](CO)[C@@H](O)[C@H](O)[C@H]4O)C3=CC[C@@]2(C)[C@@H]1C(=O)O. The molecule has 3 saturated carbocycles. The molecule has 7 N–H and O–H groups in total. The van der Waals surface area contributed by atoms with Gasteiger partial charge in [-0.15, -0.1) is 0 Å².